The fraction of sp³-hybridized carbons (Fsp3) is 0.278. The molecule has 1 heterocycles. The number of anilines is 1. The molecular formula is C18H20N2O3. The fourth-order valence-corrected chi connectivity index (χ4v) is 2.36. The van der Waals surface area contributed by atoms with E-state index < -0.39 is 12.1 Å². The lowest BCUT2D eigenvalue weighted by atomic mass is 10.0. The molecule has 0 saturated heterocycles. The zero-order valence-corrected chi connectivity index (χ0v) is 13.7. The Balaban J connectivity index is 2.05. The van der Waals surface area contributed by atoms with E-state index in [4.69, 9.17) is 4.74 Å². The first-order valence-electron chi connectivity index (χ1n) is 7.39. The molecule has 1 aromatic heterocycles. The third-order valence-corrected chi connectivity index (χ3v) is 3.45. The molecule has 0 aliphatic carbocycles. The molecule has 0 radical (unpaired) electrons. The van der Waals surface area contributed by atoms with Crippen LogP contribution in [-0.2, 0) is 9.53 Å². The van der Waals surface area contributed by atoms with E-state index in [1.54, 1.807) is 18.2 Å². The summed E-state index contributed by atoms with van der Waals surface area (Å²) < 4.78 is 5.16. The number of ether oxygens (including phenoxy) is 1. The number of benzene rings is 1. The predicted octanol–water partition coefficient (Wildman–Crippen LogP) is 3.19. The number of nitrogens with one attached hydrogen (secondary N) is 1. The smallest absolute Gasteiger partial charge is 0.357 e. The van der Waals surface area contributed by atoms with Crippen molar-refractivity contribution in [2.24, 2.45) is 0 Å². The predicted molar refractivity (Wildman–Crippen MR) is 88.4 cm³/mol. The van der Waals surface area contributed by atoms with Crippen molar-refractivity contribution in [2.75, 3.05) is 5.32 Å². The van der Waals surface area contributed by atoms with Gasteiger partial charge in [-0.3, -0.25) is 4.79 Å². The summed E-state index contributed by atoms with van der Waals surface area (Å²) in [5, 5.41) is 2.83. The van der Waals surface area contributed by atoms with E-state index in [0.717, 1.165) is 22.4 Å². The summed E-state index contributed by atoms with van der Waals surface area (Å²) in [5.74, 6) is -0.991. The minimum absolute atomic E-state index is 0.176. The third kappa shape index (κ3) is 4.16. The lowest BCUT2D eigenvalue weighted by Crippen LogP contribution is -2.30. The first-order valence-corrected chi connectivity index (χ1v) is 7.39. The molecule has 23 heavy (non-hydrogen) atoms. The Morgan fingerprint density at radius 1 is 1.13 bits per heavy atom. The highest BCUT2D eigenvalue weighted by atomic mass is 16.5. The third-order valence-electron chi connectivity index (χ3n) is 3.45. The van der Waals surface area contributed by atoms with Crippen molar-refractivity contribution in [1.29, 1.82) is 0 Å². The first-order chi connectivity index (χ1) is 10.9. The maximum atomic E-state index is 12.3. The molecule has 0 unspecified atom stereocenters. The van der Waals surface area contributed by atoms with E-state index in [1.807, 2.05) is 32.9 Å². The fourth-order valence-electron chi connectivity index (χ4n) is 2.36. The van der Waals surface area contributed by atoms with Crippen molar-refractivity contribution in [3.05, 3.63) is 58.9 Å². The van der Waals surface area contributed by atoms with E-state index >= 15 is 0 Å². The summed E-state index contributed by atoms with van der Waals surface area (Å²) in [5.41, 5.74) is 4.00. The summed E-state index contributed by atoms with van der Waals surface area (Å²) in [7, 11) is 0. The van der Waals surface area contributed by atoms with E-state index in [-0.39, 0.29) is 11.6 Å². The van der Waals surface area contributed by atoms with Gasteiger partial charge >= 0.3 is 5.97 Å². The normalized spacial score (nSPS) is 11.7. The van der Waals surface area contributed by atoms with Crippen molar-refractivity contribution >= 4 is 17.6 Å². The Bertz CT molecular complexity index is 703. The summed E-state index contributed by atoms with van der Waals surface area (Å²) in [6.45, 7) is 7.40. The van der Waals surface area contributed by atoms with Gasteiger partial charge in [-0.15, -0.1) is 0 Å². The number of hydrogen-bond donors (Lipinski definition) is 1. The number of amides is 1. The van der Waals surface area contributed by atoms with Gasteiger partial charge in [0, 0.05) is 11.9 Å². The SMILES string of the molecule is Cc1cc(C)c(NC(=O)[C@H](C)OC(=O)c2ccccn2)c(C)c1. The van der Waals surface area contributed by atoms with Gasteiger partial charge in [-0.1, -0.05) is 23.8 Å². The van der Waals surface area contributed by atoms with Gasteiger partial charge in [0.1, 0.15) is 5.69 Å². The Hall–Kier alpha value is -2.69. The Morgan fingerprint density at radius 3 is 2.35 bits per heavy atom. The largest absolute Gasteiger partial charge is 0.448 e. The molecule has 120 valence electrons. The summed E-state index contributed by atoms with van der Waals surface area (Å²) in [6.07, 6.45) is 0.588. The molecule has 0 fully saturated rings. The number of aryl methyl sites for hydroxylation is 3. The van der Waals surface area contributed by atoms with Gasteiger partial charge in [-0.2, -0.15) is 0 Å². The van der Waals surface area contributed by atoms with E-state index in [2.05, 4.69) is 10.3 Å². The van der Waals surface area contributed by atoms with Crippen molar-refractivity contribution in [3.8, 4) is 0 Å². The van der Waals surface area contributed by atoms with Crippen LogP contribution in [-0.4, -0.2) is 23.0 Å². The van der Waals surface area contributed by atoms with E-state index in [0.29, 0.717) is 0 Å². The van der Waals surface area contributed by atoms with Crippen molar-refractivity contribution < 1.29 is 14.3 Å². The number of hydrogen-bond acceptors (Lipinski definition) is 4. The van der Waals surface area contributed by atoms with Crippen LogP contribution in [0.15, 0.2) is 36.5 Å². The lowest BCUT2D eigenvalue weighted by Gasteiger charge is -2.16. The minimum Gasteiger partial charge on any atom is -0.448 e. The van der Waals surface area contributed by atoms with Crippen LogP contribution in [0.4, 0.5) is 5.69 Å². The highest BCUT2D eigenvalue weighted by molar-refractivity contribution is 5.97. The maximum absolute atomic E-state index is 12.3. The van der Waals surface area contributed by atoms with Gasteiger partial charge < -0.3 is 10.1 Å². The molecule has 0 bridgehead atoms. The summed E-state index contributed by atoms with van der Waals surface area (Å²) >= 11 is 0. The molecule has 5 heteroatoms. The molecule has 0 spiro atoms. The van der Waals surface area contributed by atoms with Gasteiger partial charge in [-0.25, -0.2) is 9.78 Å². The van der Waals surface area contributed by atoms with Crippen LogP contribution in [0.25, 0.3) is 0 Å². The molecule has 5 nitrogen and oxygen atoms in total. The second-order valence-corrected chi connectivity index (χ2v) is 5.53. The topological polar surface area (TPSA) is 68.3 Å². The first kappa shape index (κ1) is 16.7. The maximum Gasteiger partial charge on any atom is 0.357 e. The zero-order valence-electron chi connectivity index (χ0n) is 13.7. The van der Waals surface area contributed by atoms with Gasteiger partial charge in [-0.05, 0) is 51.0 Å². The van der Waals surface area contributed by atoms with Crippen LogP contribution in [0.1, 0.15) is 34.1 Å². The van der Waals surface area contributed by atoms with Crippen LogP contribution in [0.2, 0.25) is 0 Å². The highest BCUT2D eigenvalue weighted by Crippen LogP contribution is 2.22. The summed E-state index contributed by atoms with van der Waals surface area (Å²) in [4.78, 5) is 28.1. The number of carbonyl (C=O) groups excluding carboxylic acids is 2. The number of pyridine rings is 1. The monoisotopic (exact) mass is 312 g/mol. The van der Waals surface area contributed by atoms with E-state index in [1.165, 1.54) is 13.1 Å². The quantitative estimate of drug-likeness (QED) is 0.880. The molecular weight excluding hydrogens is 292 g/mol. The highest BCUT2D eigenvalue weighted by Gasteiger charge is 2.20. The molecule has 0 aliphatic rings. The average Bonchev–Trinajstić information content (AvgIpc) is 2.51. The van der Waals surface area contributed by atoms with Crippen molar-refractivity contribution in [2.45, 2.75) is 33.8 Å². The number of rotatable bonds is 4. The lowest BCUT2D eigenvalue weighted by molar-refractivity contribution is -0.123. The number of carbonyl (C=O) groups is 2. The molecule has 0 aliphatic heterocycles. The van der Waals surface area contributed by atoms with Gasteiger partial charge in [0.15, 0.2) is 6.10 Å². The van der Waals surface area contributed by atoms with Crippen LogP contribution in [0.3, 0.4) is 0 Å². The minimum atomic E-state index is -0.912. The molecule has 0 saturated carbocycles. The number of aromatic nitrogens is 1. The van der Waals surface area contributed by atoms with Gasteiger partial charge in [0.2, 0.25) is 0 Å². The van der Waals surface area contributed by atoms with Crippen LogP contribution in [0.5, 0.6) is 0 Å². The van der Waals surface area contributed by atoms with Crippen LogP contribution >= 0.6 is 0 Å². The molecule has 2 aromatic rings. The van der Waals surface area contributed by atoms with Gasteiger partial charge in [0.05, 0.1) is 0 Å². The molecule has 1 atom stereocenters. The average molecular weight is 312 g/mol. The summed E-state index contributed by atoms with van der Waals surface area (Å²) in [6, 6.07) is 8.92. The Labute approximate surface area is 135 Å². The van der Waals surface area contributed by atoms with Crippen LogP contribution in [0, 0.1) is 20.8 Å². The second kappa shape index (κ2) is 7.05. The standard InChI is InChI=1S/C18H20N2O3/c1-11-9-12(2)16(13(3)10-11)20-17(21)14(4)23-18(22)15-7-5-6-8-19-15/h5-10,14H,1-4H3,(H,20,21)/t14-/m0/s1. The molecule has 1 aromatic carbocycles. The zero-order chi connectivity index (χ0) is 17.0. The van der Waals surface area contributed by atoms with Crippen LogP contribution < -0.4 is 5.32 Å². The Morgan fingerprint density at radius 2 is 1.78 bits per heavy atom. The molecule has 1 amide bonds. The molecule has 2 rings (SSSR count). The van der Waals surface area contributed by atoms with Gasteiger partial charge in [0.25, 0.3) is 5.91 Å². The Kier molecular flexibility index (Phi) is 5.11. The number of nitrogens with zero attached hydrogens (tertiary/aromatic N) is 1. The van der Waals surface area contributed by atoms with E-state index in [9.17, 15) is 9.59 Å². The van der Waals surface area contributed by atoms with Crippen molar-refractivity contribution in [3.63, 3.8) is 0 Å². The van der Waals surface area contributed by atoms with Crippen molar-refractivity contribution in [1.82, 2.24) is 4.98 Å². The number of esters is 1. The second-order valence-electron chi connectivity index (χ2n) is 5.53. The molecule has 1 N–H and O–H groups in total.